The number of halogens is 4. The highest BCUT2D eigenvalue weighted by molar-refractivity contribution is 6.34. The summed E-state index contributed by atoms with van der Waals surface area (Å²) in [6, 6.07) is 3.36. The Kier molecular flexibility index (Phi) is 4.20. The van der Waals surface area contributed by atoms with Gasteiger partial charge < -0.3 is 0 Å². The van der Waals surface area contributed by atoms with Crippen molar-refractivity contribution < 1.29 is 18.0 Å². The molecule has 0 radical (unpaired) electrons. The lowest BCUT2D eigenvalue weighted by atomic mass is 9.97. The Morgan fingerprint density at radius 1 is 1.35 bits per heavy atom. The normalized spacial score (nSPS) is 11.9. The number of carbonyl (C=O) groups excluding carboxylic acids is 1. The zero-order chi connectivity index (χ0) is 13.2. The largest absolute Gasteiger partial charge is 0.417 e. The van der Waals surface area contributed by atoms with E-state index in [4.69, 9.17) is 11.6 Å². The number of Topliss-reactive ketones (excluding diaryl/α,β-unsaturated/α-hetero) is 1. The molecule has 0 saturated heterocycles. The molecule has 0 atom stereocenters. The predicted octanol–water partition coefficient (Wildman–Crippen LogP) is 4.59. The minimum Gasteiger partial charge on any atom is -0.294 e. The number of carbonyl (C=O) groups is 1. The van der Waals surface area contributed by atoms with Crippen molar-refractivity contribution in [3.05, 3.63) is 34.3 Å². The summed E-state index contributed by atoms with van der Waals surface area (Å²) in [5.74, 6) is -0.585. The Balaban J connectivity index is 3.26. The van der Waals surface area contributed by atoms with Crippen molar-refractivity contribution in [3.8, 4) is 0 Å². The molecule has 0 saturated carbocycles. The maximum absolute atomic E-state index is 12.7. The fourth-order valence-corrected chi connectivity index (χ4v) is 1.80. The summed E-state index contributed by atoms with van der Waals surface area (Å²) in [5.41, 5.74) is -1.38. The molecule has 0 N–H and O–H groups in total. The van der Waals surface area contributed by atoms with Crippen LogP contribution in [0.5, 0.6) is 0 Å². The van der Waals surface area contributed by atoms with Gasteiger partial charge in [-0.3, -0.25) is 4.79 Å². The molecule has 17 heavy (non-hydrogen) atoms. The van der Waals surface area contributed by atoms with Gasteiger partial charge in [0.15, 0.2) is 5.78 Å². The monoisotopic (exact) mass is 264 g/mol. The van der Waals surface area contributed by atoms with E-state index in [-0.39, 0.29) is 17.4 Å². The van der Waals surface area contributed by atoms with E-state index in [0.29, 0.717) is 0 Å². The van der Waals surface area contributed by atoms with Gasteiger partial charge in [-0.1, -0.05) is 31.5 Å². The van der Waals surface area contributed by atoms with Crippen LogP contribution in [0.1, 0.15) is 36.2 Å². The maximum Gasteiger partial charge on any atom is 0.417 e. The molecule has 0 aliphatic rings. The standard InChI is InChI=1S/C12H12ClF3O/c1-7(2)6-10(17)11-8(12(14,15)16)4-3-5-9(11)13/h3-5,7H,6H2,1-2H3. The Bertz CT molecular complexity index is 424. The molecule has 1 aromatic rings. The summed E-state index contributed by atoms with van der Waals surface area (Å²) < 4.78 is 38.1. The van der Waals surface area contributed by atoms with Gasteiger partial charge in [-0.25, -0.2) is 0 Å². The number of rotatable bonds is 3. The highest BCUT2D eigenvalue weighted by atomic mass is 35.5. The summed E-state index contributed by atoms with van der Waals surface area (Å²) in [4.78, 5) is 11.8. The van der Waals surface area contributed by atoms with Crippen LogP contribution in [0.2, 0.25) is 5.02 Å². The molecule has 0 heterocycles. The first-order valence-electron chi connectivity index (χ1n) is 5.12. The second kappa shape index (κ2) is 5.08. The van der Waals surface area contributed by atoms with Crippen LogP contribution >= 0.6 is 11.6 Å². The first kappa shape index (κ1) is 14.0. The molecule has 0 fully saturated rings. The summed E-state index contributed by atoms with van der Waals surface area (Å²) in [6.07, 6.45) is -4.51. The summed E-state index contributed by atoms with van der Waals surface area (Å²) in [5, 5.41) is -0.148. The molecule has 0 unspecified atom stereocenters. The highest BCUT2D eigenvalue weighted by Gasteiger charge is 2.36. The molecule has 0 aliphatic heterocycles. The quantitative estimate of drug-likeness (QED) is 0.730. The minimum absolute atomic E-state index is 0.0140. The van der Waals surface area contributed by atoms with Gasteiger partial charge in [0.1, 0.15) is 0 Å². The summed E-state index contributed by atoms with van der Waals surface area (Å²) in [6.45, 7) is 3.53. The first-order valence-corrected chi connectivity index (χ1v) is 5.50. The molecule has 0 aromatic heterocycles. The number of hydrogen-bond acceptors (Lipinski definition) is 1. The molecule has 1 rings (SSSR count). The maximum atomic E-state index is 12.7. The molecule has 0 amide bonds. The third-order valence-electron chi connectivity index (χ3n) is 2.19. The van der Waals surface area contributed by atoms with E-state index in [1.54, 1.807) is 13.8 Å². The topological polar surface area (TPSA) is 17.1 Å². The van der Waals surface area contributed by atoms with E-state index in [1.807, 2.05) is 0 Å². The predicted molar refractivity (Wildman–Crippen MR) is 60.2 cm³/mol. The van der Waals surface area contributed by atoms with Gasteiger partial charge in [0.25, 0.3) is 0 Å². The second-order valence-electron chi connectivity index (χ2n) is 4.18. The highest BCUT2D eigenvalue weighted by Crippen LogP contribution is 2.35. The van der Waals surface area contributed by atoms with Crippen LogP contribution in [0.3, 0.4) is 0 Å². The Labute approximate surface area is 103 Å². The van der Waals surface area contributed by atoms with E-state index < -0.39 is 23.1 Å². The number of ketones is 1. The van der Waals surface area contributed by atoms with Crippen LogP contribution in [0.15, 0.2) is 18.2 Å². The van der Waals surface area contributed by atoms with E-state index >= 15 is 0 Å². The lowest BCUT2D eigenvalue weighted by molar-refractivity contribution is -0.137. The van der Waals surface area contributed by atoms with Crippen LogP contribution in [-0.2, 0) is 6.18 Å². The van der Waals surface area contributed by atoms with Gasteiger partial charge in [0.2, 0.25) is 0 Å². The van der Waals surface area contributed by atoms with Crippen molar-refractivity contribution >= 4 is 17.4 Å². The third kappa shape index (κ3) is 3.46. The third-order valence-corrected chi connectivity index (χ3v) is 2.51. The van der Waals surface area contributed by atoms with Crippen molar-refractivity contribution in [2.24, 2.45) is 5.92 Å². The van der Waals surface area contributed by atoms with Crippen LogP contribution in [0.25, 0.3) is 0 Å². The first-order chi connectivity index (χ1) is 7.73. The van der Waals surface area contributed by atoms with E-state index in [9.17, 15) is 18.0 Å². The SMILES string of the molecule is CC(C)CC(=O)c1c(Cl)cccc1C(F)(F)F. The molecule has 0 bridgehead atoms. The minimum atomic E-state index is -4.56. The van der Waals surface area contributed by atoms with Crippen LogP contribution in [0, 0.1) is 5.92 Å². The summed E-state index contributed by atoms with van der Waals surface area (Å²) in [7, 11) is 0. The summed E-state index contributed by atoms with van der Waals surface area (Å²) >= 11 is 5.69. The van der Waals surface area contributed by atoms with Crippen molar-refractivity contribution in [2.45, 2.75) is 26.4 Å². The molecule has 1 aromatic carbocycles. The van der Waals surface area contributed by atoms with E-state index in [0.717, 1.165) is 6.07 Å². The molecular weight excluding hydrogens is 253 g/mol. The fraction of sp³-hybridized carbons (Fsp3) is 0.417. The van der Waals surface area contributed by atoms with E-state index in [1.165, 1.54) is 12.1 Å². The molecule has 94 valence electrons. The zero-order valence-electron chi connectivity index (χ0n) is 9.44. The fourth-order valence-electron chi connectivity index (χ4n) is 1.52. The Morgan fingerprint density at radius 2 is 1.94 bits per heavy atom. The number of hydrogen-bond donors (Lipinski definition) is 0. The van der Waals surface area contributed by atoms with Crippen LogP contribution in [-0.4, -0.2) is 5.78 Å². The van der Waals surface area contributed by atoms with Gasteiger partial charge in [-0.15, -0.1) is 0 Å². The van der Waals surface area contributed by atoms with Crippen LogP contribution < -0.4 is 0 Å². The molecule has 0 aliphatic carbocycles. The zero-order valence-corrected chi connectivity index (χ0v) is 10.2. The number of benzene rings is 1. The smallest absolute Gasteiger partial charge is 0.294 e. The molecular formula is C12H12ClF3O. The molecule has 0 spiro atoms. The lowest BCUT2D eigenvalue weighted by Crippen LogP contribution is -2.15. The average molecular weight is 265 g/mol. The second-order valence-corrected chi connectivity index (χ2v) is 4.59. The van der Waals surface area contributed by atoms with Crippen molar-refractivity contribution in [1.29, 1.82) is 0 Å². The Hall–Kier alpha value is -1.03. The van der Waals surface area contributed by atoms with Crippen molar-refractivity contribution in [1.82, 2.24) is 0 Å². The molecule has 5 heteroatoms. The van der Waals surface area contributed by atoms with Gasteiger partial charge >= 0.3 is 6.18 Å². The van der Waals surface area contributed by atoms with Gasteiger partial charge in [-0.05, 0) is 18.1 Å². The van der Waals surface area contributed by atoms with E-state index in [2.05, 4.69) is 0 Å². The Morgan fingerprint density at radius 3 is 2.41 bits per heavy atom. The van der Waals surface area contributed by atoms with Gasteiger partial charge in [0.05, 0.1) is 10.6 Å². The molecule has 1 nitrogen and oxygen atoms in total. The average Bonchev–Trinajstić information content (AvgIpc) is 2.14. The van der Waals surface area contributed by atoms with Gasteiger partial charge in [-0.2, -0.15) is 13.2 Å². The van der Waals surface area contributed by atoms with Crippen LogP contribution in [0.4, 0.5) is 13.2 Å². The van der Waals surface area contributed by atoms with Gasteiger partial charge in [0, 0.05) is 12.0 Å². The van der Waals surface area contributed by atoms with Crippen molar-refractivity contribution in [2.75, 3.05) is 0 Å². The lowest BCUT2D eigenvalue weighted by Gasteiger charge is -2.14. The number of alkyl halides is 3. The van der Waals surface area contributed by atoms with Crippen molar-refractivity contribution in [3.63, 3.8) is 0 Å².